The smallest absolute Gasteiger partial charge is 0.425 e. The Morgan fingerprint density at radius 1 is 0.419 bits per heavy atom. The fraction of sp³-hybridized carbons (Fsp3) is 0.378. The van der Waals surface area contributed by atoms with Gasteiger partial charge >= 0.3 is 45.5 Å². The van der Waals surface area contributed by atoms with Crippen LogP contribution in [0.25, 0.3) is 0 Å². The number of hydrogen-bond donors (Lipinski definition) is 4. The number of nitrogens with one attached hydrogen (secondary N) is 2. The second-order valence-corrected chi connectivity index (χ2v) is 34.1. The highest BCUT2D eigenvalue weighted by Crippen LogP contribution is 2.23. The molecule has 10 rings (SSSR count). The Balaban J connectivity index is 0.000000585. The van der Waals surface area contributed by atoms with Crippen LogP contribution in [0.1, 0.15) is 166 Å². The summed E-state index contributed by atoms with van der Waals surface area (Å²) in [6, 6.07) is 37.0. The Hall–Kier alpha value is -12.2. The number of esters is 2. The lowest BCUT2D eigenvalue weighted by molar-refractivity contribution is -0.193. The Kier molecular flexibility index (Phi) is 48.7. The molecule has 0 spiro atoms. The number of carbonyl (C=O) groups is 2. The van der Waals surface area contributed by atoms with Gasteiger partial charge < -0.3 is 29.6 Å². The molecule has 2 aliphatic heterocycles. The molecule has 39 heteroatoms. The SMILES string of the molecule is C1CCNCCNCC1.CCc1cc(C)ccc1C#Cc1cc(CN2CCN(Cc3cc(C#Cc4ccc(C)cc4CCS(=O)(=O)O)cc(C)n3)CCN(Cc3cc(C#Cc4ccc(OC)cc4CCS(=O)(=O)O)cc(C(=O)OC)n3)CC2)nc(C(=O)OC)c1.CCc1cc(OC)ccc1C#Cc1cc(C)nc(COS(C)(=O)=O)c1.O=C=O.O=C=O.O=S(=O)=O.O=S(=O)=O. The van der Waals surface area contributed by atoms with Crippen LogP contribution in [0, 0.1) is 75.1 Å². The van der Waals surface area contributed by atoms with E-state index in [9.17, 15) is 43.9 Å². The Bertz CT molecular complexity index is 6040. The summed E-state index contributed by atoms with van der Waals surface area (Å²) >= 11 is 0. The fourth-order valence-electron chi connectivity index (χ4n) is 12.7. The highest BCUT2D eigenvalue weighted by atomic mass is 32.2. The van der Waals surface area contributed by atoms with E-state index in [1.807, 2.05) is 100 Å². The number of aromatic nitrogens is 4. The maximum Gasteiger partial charge on any atom is 0.425 e. The first-order valence-corrected chi connectivity index (χ1v) is 46.9. The van der Waals surface area contributed by atoms with Crippen molar-refractivity contribution in [1.29, 1.82) is 0 Å². The number of nitrogens with zero attached hydrogens (tertiary/aromatic N) is 7. The number of aryl methyl sites for hydroxylation is 8. The number of rotatable bonds is 21. The lowest BCUT2D eigenvalue weighted by Gasteiger charge is -2.25. The highest BCUT2D eigenvalue weighted by molar-refractivity contribution is 7.86. The van der Waals surface area contributed by atoms with Gasteiger partial charge in [0.2, 0.25) is 0 Å². The summed E-state index contributed by atoms with van der Waals surface area (Å²) in [5.74, 6) is 24.8. The molecule has 0 saturated carbocycles. The van der Waals surface area contributed by atoms with E-state index in [0.717, 1.165) is 105 Å². The zero-order valence-electron chi connectivity index (χ0n) is 73.3. The van der Waals surface area contributed by atoms with E-state index in [0.29, 0.717) is 110 Å². The van der Waals surface area contributed by atoms with Crippen molar-refractivity contribution in [2.24, 2.45) is 0 Å². The molecule has 0 bridgehead atoms. The molecule has 4 N–H and O–H groups in total. The third kappa shape index (κ3) is 45.4. The molecule has 34 nitrogen and oxygen atoms in total. The number of ether oxygens (including phenoxy) is 4. The van der Waals surface area contributed by atoms with Gasteiger partial charge in [-0.3, -0.25) is 38.0 Å². The maximum absolute atomic E-state index is 13.1. The van der Waals surface area contributed by atoms with Crippen LogP contribution in [-0.2, 0) is 136 Å². The predicted octanol–water partition coefficient (Wildman–Crippen LogP) is 6.83. The van der Waals surface area contributed by atoms with Crippen molar-refractivity contribution in [2.75, 3.05) is 112 Å². The summed E-state index contributed by atoms with van der Waals surface area (Å²) in [6.07, 6.45) is 7.35. The van der Waals surface area contributed by atoms with Crippen molar-refractivity contribution in [1.82, 2.24) is 45.3 Å². The van der Waals surface area contributed by atoms with Crippen molar-refractivity contribution < 1.29 is 112 Å². The number of hydrogen-bond acceptors (Lipinski definition) is 32. The molecule has 688 valence electrons. The first-order chi connectivity index (χ1) is 61.2. The van der Waals surface area contributed by atoms with Crippen LogP contribution in [0.5, 0.6) is 11.5 Å². The molecule has 0 amide bonds. The summed E-state index contributed by atoms with van der Waals surface area (Å²) < 4.78 is 164. The van der Waals surface area contributed by atoms with Gasteiger partial charge in [0.25, 0.3) is 30.4 Å². The number of pyridine rings is 4. The second kappa shape index (κ2) is 57.6. The van der Waals surface area contributed by atoms with Gasteiger partial charge in [0.15, 0.2) is 0 Å². The standard InChI is InChI=1S/C62H66N6O11S2.C19H21NO4S.C7H16N2.2CO2.2O3S/c1-8-49-31-43(2)9-14-50(49)16-12-47-35-56(64-59(37-47)61(69)78-6)41-67-25-23-66(40-55-34-46(33-45(4)63-55)11-17-51-15-10-44(3)32-53(51)21-29-80(71,72)73)24-26-68(28-27-67)42-57-36-48(38-60(65-57)62(70)79-7)13-18-52-19-20-58(77-5)39-54(52)22-30-81(74,75)76;1-5-16-12-19(23-3)9-8-17(16)7-6-15-10-14(2)20-18(11-15)13-24-25(4,21)22;1-2-4-8-6-7-9-5-3-1;2*2-1-3;2*1-4(2)3/h9-10,14-15,19-20,31-39H,8,21-30,40-42H2,1-7H3,(H,71,72,73)(H,74,75,76);8-12H,5,13H2,1-4H3;8-9H,1-7H2;;;;. The van der Waals surface area contributed by atoms with Crippen LogP contribution in [0.4, 0.5) is 0 Å². The number of benzene rings is 4. The molecule has 0 atom stereocenters. The second-order valence-electron chi connectivity index (χ2n) is 28.5. The molecule has 8 aromatic rings. The van der Waals surface area contributed by atoms with Gasteiger partial charge in [0.1, 0.15) is 29.5 Å². The van der Waals surface area contributed by atoms with Crippen LogP contribution in [0.15, 0.2) is 121 Å². The molecular weight excluding hydrogens is 1770 g/mol. The van der Waals surface area contributed by atoms with E-state index in [2.05, 4.69) is 97.6 Å². The monoisotopic (exact) mass is 1870 g/mol. The molecule has 4 aromatic carbocycles. The van der Waals surface area contributed by atoms with Gasteiger partial charge in [0, 0.05) is 128 Å². The molecular formula is C90H103N9O25S5. The van der Waals surface area contributed by atoms with Crippen LogP contribution in [0.3, 0.4) is 0 Å². The number of carbonyl (C=O) groups excluding carboxylic acids is 6. The average molecular weight is 1870 g/mol. The van der Waals surface area contributed by atoms with Gasteiger partial charge in [-0.2, -0.15) is 44.4 Å². The van der Waals surface area contributed by atoms with Crippen molar-refractivity contribution in [3.05, 3.63) is 245 Å². The minimum absolute atomic E-state index is 0.0120. The van der Waals surface area contributed by atoms with Crippen molar-refractivity contribution in [3.8, 4) is 58.9 Å². The molecule has 6 heterocycles. The zero-order valence-corrected chi connectivity index (χ0v) is 77.3. The predicted molar refractivity (Wildman–Crippen MR) is 475 cm³/mol. The van der Waals surface area contributed by atoms with E-state index in [1.165, 1.54) is 53.7 Å². The molecule has 4 aromatic heterocycles. The van der Waals surface area contributed by atoms with Crippen molar-refractivity contribution in [3.63, 3.8) is 0 Å². The number of methoxy groups -OCH3 is 4. The summed E-state index contributed by atoms with van der Waals surface area (Å²) in [7, 11) is -12.4. The van der Waals surface area contributed by atoms with E-state index >= 15 is 0 Å². The summed E-state index contributed by atoms with van der Waals surface area (Å²) in [4.78, 5) is 84.3. The third-order valence-corrected chi connectivity index (χ3v) is 20.5. The molecule has 129 heavy (non-hydrogen) atoms. The molecule has 2 fully saturated rings. The van der Waals surface area contributed by atoms with Gasteiger partial charge in [-0.15, -0.1) is 25.3 Å². The first kappa shape index (κ1) is 109. The quantitative estimate of drug-likeness (QED) is 0.0248. The fourth-order valence-corrected chi connectivity index (χ4v) is 13.9. The normalized spacial score (nSPS) is 12.7. The van der Waals surface area contributed by atoms with Crippen molar-refractivity contribution in [2.45, 2.75) is 113 Å². The molecule has 0 unspecified atom stereocenters. The third-order valence-electron chi connectivity index (χ3n) is 18.6. The van der Waals surface area contributed by atoms with Crippen LogP contribution < -0.4 is 20.1 Å². The highest BCUT2D eigenvalue weighted by Gasteiger charge is 2.23. The zero-order chi connectivity index (χ0) is 95.7. The minimum Gasteiger partial charge on any atom is -0.497 e. The lowest BCUT2D eigenvalue weighted by Crippen LogP contribution is -2.36. The molecule has 0 radical (unpaired) electrons. The largest absolute Gasteiger partial charge is 0.497 e. The Morgan fingerprint density at radius 2 is 0.729 bits per heavy atom. The van der Waals surface area contributed by atoms with Crippen LogP contribution in [0.2, 0.25) is 0 Å². The van der Waals surface area contributed by atoms with E-state index in [-0.39, 0.29) is 43.1 Å². The average Bonchev–Trinajstić information content (AvgIpc) is 1.72. The molecule has 0 aliphatic carbocycles. The maximum atomic E-state index is 13.1. The lowest BCUT2D eigenvalue weighted by atomic mass is 10.0. The van der Waals surface area contributed by atoms with E-state index in [1.54, 1.807) is 49.6 Å². The molecule has 2 aliphatic rings. The van der Waals surface area contributed by atoms with Gasteiger partial charge in [-0.1, -0.05) is 103 Å². The van der Waals surface area contributed by atoms with E-state index in [4.69, 9.17) is 82.5 Å². The van der Waals surface area contributed by atoms with Crippen LogP contribution >= 0.6 is 0 Å². The van der Waals surface area contributed by atoms with Gasteiger partial charge in [-0.05, 0) is 199 Å². The van der Waals surface area contributed by atoms with Gasteiger partial charge in [0.05, 0.1) is 69.0 Å². The summed E-state index contributed by atoms with van der Waals surface area (Å²) in [6.45, 7) is 21.1. The van der Waals surface area contributed by atoms with Gasteiger partial charge in [-0.25, -0.2) is 19.6 Å². The van der Waals surface area contributed by atoms with Crippen LogP contribution in [-0.4, -0.2) is 230 Å². The minimum atomic E-state index is -4.26. The Morgan fingerprint density at radius 3 is 1.08 bits per heavy atom. The summed E-state index contributed by atoms with van der Waals surface area (Å²) in [5, 5.41) is 6.73. The van der Waals surface area contributed by atoms with E-state index < -0.39 is 75.0 Å². The Labute approximate surface area is 755 Å². The van der Waals surface area contributed by atoms with Crippen molar-refractivity contribution >= 4 is 75.8 Å². The first-order valence-electron chi connectivity index (χ1n) is 39.8. The molecule has 2 saturated heterocycles. The summed E-state index contributed by atoms with van der Waals surface area (Å²) in [5.41, 5.74) is 15.4. The topological polar surface area (TPSA) is 479 Å².